The first-order valence-corrected chi connectivity index (χ1v) is 7.13. The highest BCUT2D eigenvalue weighted by Gasteiger charge is 2.24. The molecule has 5 nitrogen and oxygen atoms in total. The van der Waals surface area contributed by atoms with E-state index in [1.807, 2.05) is 0 Å². The van der Waals surface area contributed by atoms with E-state index in [2.05, 4.69) is 0 Å². The van der Waals surface area contributed by atoms with Crippen LogP contribution in [0.15, 0.2) is 18.2 Å². The highest BCUT2D eigenvalue weighted by atomic mass is 19.1. The van der Waals surface area contributed by atoms with Crippen molar-refractivity contribution in [2.45, 2.75) is 19.4 Å². The maximum atomic E-state index is 13.3. The molecule has 1 aliphatic heterocycles. The van der Waals surface area contributed by atoms with Crippen molar-refractivity contribution in [3.8, 4) is 5.75 Å². The van der Waals surface area contributed by atoms with Crippen LogP contribution < -0.4 is 10.5 Å². The molecule has 0 saturated carbocycles. The lowest BCUT2D eigenvalue weighted by Crippen LogP contribution is -2.46. The number of hydrogen-bond donors (Lipinski definition) is 1. The average molecular weight is 296 g/mol. The topological polar surface area (TPSA) is 64.8 Å². The molecule has 0 aromatic heterocycles. The van der Waals surface area contributed by atoms with Gasteiger partial charge >= 0.3 is 0 Å². The normalized spacial score (nSPS) is 16.6. The van der Waals surface area contributed by atoms with Gasteiger partial charge in [-0.15, -0.1) is 0 Å². The Labute approximate surface area is 123 Å². The molecule has 1 saturated heterocycles. The summed E-state index contributed by atoms with van der Waals surface area (Å²) >= 11 is 0. The second kappa shape index (κ2) is 7.38. The number of carbonyl (C=O) groups is 1. The van der Waals surface area contributed by atoms with Gasteiger partial charge in [0.25, 0.3) is 5.91 Å². The molecule has 2 N–H and O–H groups in total. The van der Waals surface area contributed by atoms with Gasteiger partial charge in [0.15, 0.2) is 6.10 Å². The number of benzene rings is 1. The van der Waals surface area contributed by atoms with Crippen LogP contribution in [0, 0.1) is 5.82 Å². The van der Waals surface area contributed by atoms with Crippen molar-refractivity contribution >= 4 is 5.91 Å². The molecule has 1 heterocycles. The monoisotopic (exact) mass is 296 g/mol. The Morgan fingerprint density at radius 2 is 2.19 bits per heavy atom. The standard InChI is InChI=1S/C15H21FN2O3/c1-11(15(19)18-6-8-20-9-7-18)21-14-3-2-13(16)10-12(14)4-5-17/h2-3,10-11H,4-9,17H2,1H3. The lowest BCUT2D eigenvalue weighted by molar-refractivity contribution is -0.142. The highest BCUT2D eigenvalue weighted by Crippen LogP contribution is 2.22. The van der Waals surface area contributed by atoms with E-state index in [0.29, 0.717) is 50.6 Å². The van der Waals surface area contributed by atoms with E-state index in [9.17, 15) is 9.18 Å². The predicted molar refractivity (Wildman–Crippen MR) is 76.6 cm³/mol. The van der Waals surface area contributed by atoms with Crippen LogP contribution in [0.25, 0.3) is 0 Å². The third kappa shape index (κ3) is 4.15. The molecule has 1 aromatic rings. The van der Waals surface area contributed by atoms with Crippen LogP contribution in [0.3, 0.4) is 0 Å². The number of rotatable bonds is 5. The quantitative estimate of drug-likeness (QED) is 0.879. The van der Waals surface area contributed by atoms with Crippen molar-refractivity contribution in [3.63, 3.8) is 0 Å². The number of ether oxygens (including phenoxy) is 2. The lowest BCUT2D eigenvalue weighted by atomic mass is 10.1. The van der Waals surface area contributed by atoms with Crippen LogP contribution in [-0.2, 0) is 16.0 Å². The number of hydrogen-bond acceptors (Lipinski definition) is 4. The minimum atomic E-state index is -0.620. The van der Waals surface area contributed by atoms with Crippen LogP contribution in [0.2, 0.25) is 0 Å². The number of halogens is 1. The van der Waals surface area contributed by atoms with Crippen molar-refractivity contribution in [2.75, 3.05) is 32.8 Å². The van der Waals surface area contributed by atoms with Crippen LogP contribution in [0.5, 0.6) is 5.75 Å². The summed E-state index contributed by atoms with van der Waals surface area (Å²) in [7, 11) is 0. The molecule has 2 rings (SSSR count). The van der Waals surface area contributed by atoms with Gasteiger partial charge in [-0.3, -0.25) is 4.79 Å². The Morgan fingerprint density at radius 3 is 2.86 bits per heavy atom. The first-order chi connectivity index (χ1) is 10.1. The molecule has 1 atom stereocenters. The summed E-state index contributed by atoms with van der Waals surface area (Å²) in [5, 5.41) is 0. The Hall–Kier alpha value is -1.66. The van der Waals surface area contributed by atoms with Crippen molar-refractivity contribution < 1.29 is 18.7 Å². The van der Waals surface area contributed by atoms with Crippen molar-refractivity contribution in [2.24, 2.45) is 5.73 Å². The summed E-state index contributed by atoms with van der Waals surface area (Å²) in [6, 6.07) is 4.26. The molecule has 1 aliphatic rings. The van der Waals surface area contributed by atoms with E-state index in [1.54, 1.807) is 17.9 Å². The second-order valence-corrected chi connectivity index (χ2v) is 4.99. The number of nitrogens with zero attached hydrogens (tertiary/aromatic N) is 1. The molecule has 6 heteroatoms. The van der Waals surface area contributed by atoms with Crippen molar-refractivity contribution in [3.05, 3.63) is 29.6 Å². The summed E-state index contributed by atoms with van der Waals surface area (Å²) < 4.78 is 24.2. The fraction of sp³-hybridized carbons (Fsp3) is 0.533. The fourth-order valence-corrected chi connectivity index (χ4v) is 2.30. The molecule has 1 fully saturated rings. The maximum absolute atomic E-state index is 13.3. The zero-order chi connectivity index (χ0) is 15.2. The van der Waals surface area contributed by atoms with Gasteiger partial charge in [-0.25, -0.2) is 4.39 Å². The van der Waals surface area contributed by atoms with Crippen molar-refractivity contribution in [1.29, 1.82) is 0 Å². The molecule has 0 radical (unpaired) electrons. The second-order valence-electron chi connectivity index (χ2n) is 4.99. The van der Waals surface area contributed by atoms with Gasteiger partial charge < -0.3 is 20.1 Å². The van der Waals surface area contributed by atoms with Gasteiger partial charge in [-0.1, -0.05) is 0 Å². The molecule has 0 aliphatic carbocycles. The molecule has 1 aromatic carbocycles. The molecule has 1 amide bonds. The minimum absolute atomic E-state index is 0.0821. The summed E-state index contributed by atoms with van der Waals surface area (Å²) in [5.41, 5.74) is 6.20. The summed E-state index contributed by atoms with van der Waals surface area (Å²) in [4.78, 5) is 14.0. The van der Waals surface area contributed by atoms with Crippen molar-refractivity contribution in [1.82, 2.24) is 4.90 Å². The number of nitrogens with two attached hydrogens (primary N) is 1. The highest BCUT2D eigenvalue weighted by molar-refractivity contribution is 5.81. The molecule has 0 bridgehead atoms. The van der Waals surface area contributed by atoms with Crippen LogP contribution >= 0.6 is 0 Å². The summed E-state index contributed by atoms with van der Waals surface area (Å²) in [6.45, 7) is 4.34. The molecular weight excluding hydrogens is 275 g/mol. The van der Waals surface area contributed by atoms with Gasteiger partial charge in [-0.05, 0) is 43.7 Å². The summed E-state index contributed by atoms with van der Waals surface area (Å²) in [6.07, 6.45) is -0.115. The predicted octanol–water partition coefficient (Wildman–Crippen LogP) is 0.953. The third-order valence-electron chi connectivity index (χ3n) is 3.41. The number of amides is 1. The minimum Gasteiger partial charge on any atom is -0.481 e. The van der Waals surface area contributed by atoms with Gasteiger partial charge in [0.05, 0.1) is 13.2 Å². The molecule has 21 heavy (non-hydrogen) atoms. The first kappa shape index (κ1) is 15.7. The van der Waals surface area contributed by atoms with E-state index in [1.165, 1.54) is 12.1 Å². The van der Waals surface area contributed by atoms with Crippen LogP contribution in [0.4, 0.5) is 4.39 Å². The first-order valence-electron chi connectivity index (χ1n) is 7.13. The maximum Gasteiger partial charge on any atom is 0.263 e. The Morgan fingerprint density at radius 1 is 1.48 bits per heavy atom. The van der Waals surface area contributed by atoms with Crippen LogP contribution in [-0.4, -0.2) is 49.8 Å². The van der Waals surface area contributed by atoms with Gasteiger partial charge in [0.1, 0.15) is 11.6 Å². The molecular formula is C15H21FN2O3. The SMILES string of the molecule is CC(Oc1ccc(F)cc1CCN)C(=O)N1CCOCC1. The van der Waals surface area contributed by atoms with E-state index in [4.69, 9.17) is 15.2 Å². The molecule has 1 unspecified atom stereocenters. The van der Waals surface area contributed by atoms with E-state index in [0.717, 1.165) is 0 Å². The van der Waals surface area contributed by atoms with Gasteiger partial charge in [0.2, 0.25) is 0 Å². The van der Waals surface area contributed by atoms with Gasteiger partial charge in [0, 0.05) is 13.1 Å². The third-order valence-corrected chi connectivity index (χ3v) is 3.41. The lowest BCUT2D eigenvalue weighted by Gasteiger charge is -2.29. The Bertz CT molecular complexity index is 490. The van der Waals surface area contributed by atoms with Crippen LogP contribution in [0.1, 0.15) is 12.5 Å². The Kier molecular flexibility index (Phi) is 5.52. The molecule has 0 spiro atoms. The largest absolute Gasteiger partial charge is 0.481 e. The zero-order valence-electron chi connectivity index (χ0n) is 12.2. The van der Waals surface area contributed by atoms with E-state index >= 15 is 0 Å². The van der Waals surface area contributed by atoms with Gasteiger partial charge in [-0.2, -0.15) is 0 Å². The smallest absolute Gasteiger partial charge is 0.263 e. The van der Waals surface area contributed by atoms with E-state index in [-0.39, 0.29) is 11.7 Å². The number of carbonyl (C=O) groups excluding carboxylic acids is 1. The number of morpholine rings is 1. The molecule has 116 valence electrons. The Balaban J connectivity index is 2.04. The van der Waals surface area contributed by atoms with E-state index < -0.39 is 6.10 Å². The average Bonchev–Trinajstić information content (AvgIpc) is 2.50. The zero-order valence-corrected chi connectivity index (χ0v) is 12.2. The fourth-order valence-electron chi connectivity index (χ4n) is 2.30. The summed E-state index contributed by atoms with van der Waals surface area (Å²) in [5.74, 6) is 0.0928.